The van der Waals surface area contributed by atoms with Crippen molar-refractivity contribution in [3.05, 3.63) is 65.2 Å². The summed E-state index contributed by atoms with van der Waals surface area (Å²) in [6.45, 7) is 0. The number of rotatable bonds is 4. The number of alkyl halides is 4. The van der Waals surface area contributed by atoms with Gasteiger partial charge in [-0.05, 0) is 24.3 Å². The molecule has 0 bridgehead atoms. The second kappa shape index (κ2) is 7.90. The summed E-state index contributed by atoms with van der Waals surface area (Å²) in [6, 6.07) is 14.3. The van der Waals surface area contributed by atoms with Gasteiger partial charge in [-0.2, -0.15) is 10.1 Å². The quantitative estimate of drug-likeness (QED) is 0.569. The zero-order chi connectivity index (χ0) is 22.3. The number of fused-ring (bicyclic) bond motifs is 1. The van der Waals surface area contributed by atoms with Gasteiger partial charge in [0.15, 0.2) is 0 Å². The molecule has 1 amide bonds. The maximum Gasteiger partial charge on any atom is 0.287 e. The van der Waals surface area contributed by atoms with Gasteiger partial charge in [-0.1, -0.05) is 41.9 Å². The fourth-order valence-electron chi connectivity index (χ4n) is 3.34. The van der Waals surface area contributed by atoms with Gasteiger partial charge in [0.2, 0.25) is 5.72 Å². The summed E-state index contributed by atoms with van der Waals surface area (Å²) in [7, 11) is 0. The number of carbonyl (C=O) groups is 1. The Hall–Kier alpha value is -3.04. The molecule has 1 aliphatic heterocycles. The van der Waals surface area contributed by atoms with Crippen LogP contribution in [0.4, 0.5) is 17.6 Å². The predicted molar refractivity (Wildman–Crippen MR) is 107 cm³/mol. The van der Waals surface area contributed by atoms with Crippen LogP contribution >= 0.6 is 11.6 Å². The maximum atomic E-state index is 13.6. The molecule has 0 aliphatic carbocycles. The summed E-state index contributed by atoms with van der Waals surface area (Å²) in [5.74, 6) is -1.15. The molecule has 0 radical (unpaired) electrons. The monoisotopic (exact) mass is 451 g/mol. The topological polar surface area (TPSA) is 65.8 Å². The van der Waals surface area contributed by atoms with Gasteiger partial charge in [0.25, 0.3) is 18.8 Å². The molecule has 1 aromatic heterocycles. The number of nitrogens with zero attached hydrogens (tertiary/aromatic N) is 3. The third-order valence-corrected chi connectivity index (χ3v) is 5.17. The minimum absolute atomic E-state index is 0.0482. The third-order valence-electron chi connectivity index (χ3n) is 4.92. The van der Waals surface area contributed by atoms with Crippen LogP contribution in [0.2, 0.25) is 5.02 Å². The van der Waals surface area contributed by atoms with Crippen LogP contribution in [0.25, 0.3) is 22.2 Å². The predicted octanol–water partition coefficient (Wildman–Crippen LogP) is 4.98. The van der Waals surface area contributed by atoms with Crippen molar-refractivity contribution >= 4 is 34.1 Å². The number of halogens is 5. The second-order valence-electron chi connectivity index (χ2n) is 6.94. The molecule has 0 saturated heterocycles. The second-order valence-corrected chi connectivity index (χ2v) is 7.38. The van der Waals surface area contributed by atoms with Gasteiger partial charge >= 0.3 is 0 Å². The molecule has 3 aromatic rings. The first-order chi connectivity index (χ1) is 14.7. The molecule has 1 N–H and O–H groups in total. The molecule has 4 rings (SSSR count). The van der Waals surface area contributed by atoms with Gasteiger partial charge in [0.05, 0.1) is 16.8 Å². The van der Waals surface area contributed by atoms with Crippen LogP contribution in [0.1, 0.15) is 16.8 Å². The molecule has 2 aromatic carbocycles. The van der Waals surface area contributed by atoms with E-state index in [-0.39, 0.29) is 10.6 Å². The fourth-order valence-corrected chi connectivity index (χ4v) is 3.46. The van der Waals surface area contributed by atoms with Crippen LogP contribution < -0.4 is 0 Å². The Morgan fingerprint density at radius 3 is 2.42 bits per heavy atom. The maximum absolute atomic E-state index is 13.6. The van der Waals surface area contributed by atoms with Crippen molar-refractivity contribution in [2.45, 2.75) is 25.0 Å². The molecule has 31 heavy (non-hydrogen) atoms. The highest BCUT2D eigenvalue weighted by Gasteiger charge is 2.53. The zero-order valence-corrected chi connectivity index (χ0v) is 16.4. The molecule has 1 aliphatic rings. The van der Waals surface area contributed by atoms with Crippen molar-refractivity contribution in [3.63, 3.8) is 0 Å². The highest BCUT2D eigenvalue weighted by molar-refractivity contribution is 6.30. The van der Waals surface area contributed by atoms with Crippen LogP contribution in [-0.2, 0) is 0 Å². The number of pyridine rings is 1. The van der Waals surface area contributed by atoms with Crippen molar-refractivity contribution in [3.8, 4) is 11.3 Å². The number of aliphatic hydroxyl groups is 1. The van der Waals surface area contributed by atoms with E-state index in [1.807, 2.05) is 0 Å². The van der Waals surface area contributed by atoms with Gasteiger partial charge in [0, 0.05) is 22.4 Å². The van der Waals surface area contributed by atoms with Crippen LogP contribution in [0, 0.1) is 0 Å². The number of benzene rings is 2. The van der Waals surface area contributed by atoms with Crippen LogP contribution in [0.5, 0.6) is 0 Å². The lowest BCUT2D eigenvalue weighted by atomic mass is 10.0. The molecule has 5 nitrogen and oxygen atoms in total. The highest BCUT2D eigenvalue weighted by Crippen LogP contribution is 2.36. The Bertz CT molecular complexity index is 1190. The Morgan fingerprint density at radius 2 is 1.77 bits per heavy atom. The summed E-state index contributed by atoms with van der Waals surface area (Å²) in [6.07, 6.45) is -7.86. The summed E-state index contributed by atoms with van der Waals surface area (Å²) >= 11 is 5.91. The smallest absolute Gasteiger partial charge is 0.287 e. The number of hydrogen-bond donors (Lipinski definition) is 1. The average molecular weight is 452 g/mol. The van der Waals surface area contributed by atoms with E-state index in [1.54, 1.807) is 42.5 Å². The summed E-state index contributed by atoms with van der Waals surface area (Å²) < 4.78 is 53.4. The average Bonchev–Trinajstić information content (AvgIpc) is 3.12. The van der Waals surface area contributed by atoms with E-state index in [0.29, 0.717) is 27.2 Å². The molecule has 0 fully saturated rings. The van der Waals surface area contributed by atoms with Gasteiger partial charge in [-0.3, -0.25) is 4.79 Å². The number of para-hydroxylation sites is 1. The van der Waals surface area contributed by atoms with Crippen molar-refractivity contribution in [1.82, 2.24) is 9.99 Å². The number of aromatic nitrogens is 1. The van der Waals surface area contributed by atoms with E-state index in [2.05, 4.69) is 10.1 Å². The molecular formula is C21H14ClF4N3O2. The SMILES string of the molecule is O=C(c1cc(-c2ccc(Cl)cc2)nc2ccccc12)N1N=C(C(F)F)C[C@]1(O)C(F)F. The molecule has 0 unspecified atom stereocenters. The lowest BCUT2D eigenvalue weighted by Crippen LogP contribution is -2.51. The van der Waals surface area contributed by atoms with E-state index in [4.69, 9.17) is 11.6 Å². The number of carbonyl (C=O) groups excluding carboxylic acids is 1. The first kappa shape index (κ1) is 21.2. The third kappa shape index (κ3) is 3.75. The zero-order valence-electron chi connectivity index (χ0n) is 15.6. The standard InChI is InChI=1S/C21H14ClF4N3O2/c22-12-7-5-11(6-8-12)16-9-14(13-3-1-2-4-15(13)27-16)19(30)29-21(31,20(25)26)10-17(28-29)18(23)24/h1-9,18,20,31H,10H2/t21-/m0/s1. The number of amides is 1. The Morgan fingerprint density at radius 1 is 1.10 bits per heavy atom. The molecule has 1 atom stereocenters. The Labute approximate surface area is 178 Å². The molecule has 2 heterocycles. The molecular weight excluding hydrogens is 438 g/mol. The Balaban J connectivity index is 1.88. The van der Waals surface area contributed by atoms with Crippen LogP contribution in [-0.4, -0.2) is 45.3 Å². The van der Waals surface area contributed by atoms with Gasteiger partial charge < -0.3 is 5.11 Å². The van der Waals surface area contributed by atoms with E-state index in [0.717, 1.165) is 0 Å². The molecule has 0 saturated carbocycles. The first-order valence-electron chi connectivity index (χ1n) is 9.07. The molecule has 0 spiro atoms. The highest BCUT2D eigenvalue weighted by atomic mass is 35.5. The van der Waals surface area contributed by atoms with Gasteiger partial charge in [-0.25, -0.2) is 22.5 Å². The lowest BCUT2D eigenvalue weighted by molar-refractivity contribution is -0.164. The van der Waals surface area contributed by atoms with Crippen LogP contribution in [0.3, 0.4) is 0 Å². The normalized spacial score (nSPS) is 18.8. The largest absolute Gasteiger partial charge is 0.364 e. The van der Waals surface area contributed by atoms with Gasteiger partial charge in [-0.15, -0.1) is 0 Å². The van der Waals surface area contributed by atoms with E-state index in [1.165, 1.54) is 12.1 Å². The first-order valence-corrected chi connectivity index (χ1v) is 9.45. The summed E-state index contributed by atoms with van der Waals surface area (Å²) in [5, 5.41) is 14.5. The van der Waals surface area contributed by atoms with E-state index >= 15 is 0 Å². The minimum Gasteiger partial charge on any atom is -0.364 e. The molecule has 10 heteroatoms. The van der Waals surface area contributed by atoms with E-state index < -0.39 is 36.6 Å². The number of hydrazone groups is 1. The summed E-state index contributed by atoms with van der Waals surface area (Å²) in [5.41, 5.74) is -2.99. The van der Waals surface area contributed by atoms with Crippen molar-refractivity contribution in [2.24, 2.45) is 5.10 Å². The fraction of sp³-hybridized carbons (Fsp3) is 0.190. The summed E-state index contributed by atoms with van der Waals surface area (Å²) in [4.78, 5) is 17.7. The molecule has 160 valence electrons. The lowest BCUT2D eigenvalue weighted by Gasteiger charge is -2.30. The van der Waals surface area contributed by atoms with E-state index in [9.17, 15) is 27.5 Å². The Kier molecular flexibility index (Phi) is 5.40. The minimum atomic E-state index is -3.51. The van der Waals surface area contributed by atoms with Crippen molar-refractivity contribution in [2.75, 3.05) is 0 Å². The van der Waals surface area contributed by atoms with Crippen molar-refractivity contribution in [1.29, 1.82) is 0 Å². The van der Waals surface area contributed by atoms with Crippen molar-refractivity contribution < 1.29 is 27.5 Å². The number of hydrogen-bond acceptors (Lipinski definition) is 4. The van der Waals surface area contributed by atoms with Gasteiger partial charge in [0.1, 0.15) is 5.71 Å². The van der Waals surface area contributed by atoms with Crippen LogP contribution in [0.15, 0.2) is 59.7 Å².